The summed E-state index contributed by atoms with van der Waals surface area (Å²) in [5.74, 6) is -0.0821. The Bertz CT molecular complexity index is 599. The van der Waals surface area contributed by atoms with Crippen molar-refractivity contribution in [2.24, 2.45) is 0 Å². The molecule has 0 heterocycles. The lowest BCUT2D eigenvalue weighted by Gasteiger charge is -2.21. The number of halogens is 1. The number of carbonyl (C=O) groups excluding carboxylic acids is 1. The van der Waals surface area contributed by atoms with E-state index in [2.05, 4.69) is 0 Å². The Labute approximate surface area is 124 Å². The predicted molar refractivity (Wildman–Crippen MR) is 82.7 cm³/mol. The number of carbonyl (C=O) groups is 1. The zero-order valence-corrected chi connectivity index (χ0v) is 12.1. The Morgan fingerprint density at radius 1 is 1.20 bits per heavy atom. The van der Waals surface area contributed by atoms with E-state index in [9.17, 15) is 4.79 Å². The molecule has 0 aliphatic heterocycles. The van der Waals surface area contributed by atoms with E-state index in [0.717, 1.165) is 5.56 Å². The molecule has 2 rings (SSSR count). The zero-order valence-electron chi connectivity index (χ0n) is 11.3. The van der Waals surface area contributed by atoms with Crippen LogP contribution in [0.5, 0.6) is 0 Å². The number of hydrogen-bond acceptors (Lipinski definition) is 2. The van der Waals surface area contributed by atoms with Gasteiger partial charge in [0.2, 0.25) is 0 Å². The molecule has 0 spiro atoms. The fourth-order valence-electron chi connectivity index (χ4n) is 2.01. The highest BCUT2D eigenvalue weighted by Crippen LogP contribution is 2.21. The van der Waals surface area contributed by atoms with Gasteiger partial charge in [0.15, 0.2) is 0 Å². The molecule has 2 aromatic carbocycles. The van der Waals surface area contributed by atoms with E-state index in [1.54, 1.807) is 23.1 Å². The molecule has 0 saturated heterocycles. The van der Waals surface area contributed by atoms with Crippen molar-refractivity contribution in [2.45, 2.75) is 13.5 Å². The normalized spacial score (nSPS) is 10.3. The van der Waals surface area contributed by atoms with Gasteiger partial charge >= 0.3 is 0 Å². The molecule has 0 fully saturated rings. The first-order chi connectivity index (χ1) is 9.61. The van der Waals surface area contributed by atoms with E-state index >= 15 is 0 Å². The molecule has 1 amide bonds. The highest BCUT2D eigenvalue weighted by molar-refractivity contribution is 6.34. The highest BCUT2D eigenvalue weighted by Gasteiger charge is 2.17. The highest BCUT2D eigenvalue weighted by atomic mass is 35.5. The largest absolute Gasteiger partial charge is 0.399 e. The van der Waals surface area contributed by atoms with Gasteiger partial charge in [-0.2, -0.15) is 0 Å². The quantitative estimate of drug-likeness (QED) is 0.874. The van der Waals surface area contributed by atoms with Crippen molar-refractivity contribution in [1.29, 1.82) is 0 Å². The van der Waals surface area contributed by atoms with Crippen LogP contribution in [0.1, 0.15) is 22.8 Å². The van der Waals surface area contributed by atoms with Gasteiger partial charge in [0.1, 0.15) is 0 Å². The summed E-state index contributed by atoms with van der Waals surface area (Å²) < 4.78 is 0. The molecule has 0 radical (unpaired) electrons. The van der Waals surface area contributed by atoms with Crippen LogP contribution in [0.2, 0.25) is 5.02 Å². The smallest absolute Gasteiger partial charge is 0.255 e. The van der Waals surface area contributed by atoms with E-state index in [0.29, 0.717) is 29.4 Å². The van der Waals surface area contributed by atoms with Gasteiger partial charge in [0.25, 0.3) is 5.91 Å². The average molecular weight is 289 g/mol. The number of nitrogens with zero attached hydrogens (tertiary/aromatic N) is 1. The molecule has 2 aromatic rings. The second-order valence-electron chi connectivity index (χ2n) is 4.54. The third-order valence-corrected chi connectivity index (χ3v) is 3.42. The van der Waals surface area contributed by atoms with E-state index in [-0.39, 0.29) is 5.91 Å². The van der Waals surface area contributed by atoms with Crippen molar-refractivity contribution in [1.82, 2.24) is 4.90 Å². The van der Waals surface area contributed by atoms with Crippen LogP contribution in [0.15, 0.2) is 48.5 Å². The van der Waals surface area contributed by atoms with Gasteiger partial charge in [0, 0.05) is 18.8 Å². The minimum Gasteiger partial charge on any atom is -0.399 e. The van der Waals surface area contributed by atoms with Crippen molar-refractivity contribution in [3.05, 3.63) is 64.7 Å². The number of anilines is 1. The number of nitrogen functional groups attached to an aromatic ring is 1. The summed E-state index contributed by atoms with van der Waals surface area (Å²) in [4.78, 5) is 14.3. The molecule has 0 aliphatic carbocycles. The average Bonchev–Trinajstić information content (AvgIpc) is 2.45. The molecule has 4 heteroatoms. The first kappa shape index (κ1) is 14.4. The fraction of sp³-hybridized carbons (Fsp3) is 0.188. The minimum atomic E-state index is -0.0821. The zero-order chi connectivity index (χ0) is 14.5. The molecule has 0 aliphatic rings. The summed E-state index contributed by atoms with van der Waals surface area (Å²) in [6.07, 6.45) is 0. The number of hydrogen-bond donors (Lipinski definition) is 1. The second kappa shape index (κ2) is 6.44. The van der Waals surface area contributed by atoms with Crippen LogP contribution in [0.4, 0.5) is 5.69 Å². The van der Waals surface area contributed by atoms with Crippen molar-refractivity contribution in [3.63, 3.8) is 0 Å². The molecule has 3 nitrogen and oxygen atoms in total. The van der Waals surface area contributed by atoms with Crippen molar-refractivity contribution < 1.29 is 4.79 Å². The SMILES string of the molecule is CCN(Cc1ccccc1)C(=O)c1ccc(N)cc1Cl. The Kier molecular flexibility index (Phi) is 4.64. The van der Waals surface area contributed by atoms with E-state index < -0.39 is 0 Å². The third kappa shape index (κ3) is 3.31. The Balaban J connectivity index is 2.21. The van der Waals surface area contributed by atoms with Crippen molar-refractivity contribution in [2.75, 3.05) is 12.3 Å². The van der Waals surface area contributed by atoms with Crippen molar-refractivity contribution in [3.8, 4) is 0 Å². The Hall–Kier alpha value is -2.00. The summed E-state index contributed by atoms with van der Waals surface area (Å²) in [7, 11) is 0. The van der Waals surface area contributed by atoms with E-state index in [1.807, 2.05) is 37.3 Å². The maximum absolute atomic E-state index is 12.5. The topological polar surface area (TPSA) is 46.3 Å². The number of amides is 1. The van der Waals surface area contributed by atoms with Crippen LogP contribution >= 0.6 is 11.6 Å². The second-order valence-corrected chi connectivity index (χ2v) is 4.95. The van der Waals surface area contributed by atoms with Crippen LogP contribution in [0.25, 0.3) is 0 Å². The van der Waals surface area contributed by atoms with Gasteiger partial charge in [-0.05, 0) is 30.7 Å². The molecule has 0 atom stereocenters. The lowest BCUT2D eigenvalue weighted by molar-refractivity contribution is 0.0753. The van der Waals surface area contributed by atoms with Crippen LogP contribution in [-0.4, -0.2) is 17.4 Å². The molecule has 0 unspecified atom stereocenters. The Morgan fingerprint density at radius 3 is 2.50 bits per heavy atom. The van der Waals surface area contributed by atoms with E-state index in [4.69, 9.17) is 17.3 Å². The number of benzene rings is 2. The summed E-state index contributed by atoms with van der Waals surface area (Å²) in [6, 6.07) is 14.8. The summed E-state index contributed by atoms with van der Waals surface area (Å²) in [5, 5.41) is 0.390. The standard InChI is InChI=1S/C16H17ClN2O/c1-2-19(11-12-6-4-3-5-7-12)16(20)14-9-8-13(18)10-15(14)17/h3-10H,2,11,18H2,1H3. The molecule has 0 bridgehead atoms. The maximum Gasteiger partial charge on any atom is 0.255 e. The van der Waals surface area contributed by atoms with Crippen LogP contribution in [-0.2, 0) is 6.54 Å². The van der Waals surface area contributed by atoms with E-state index in [1.165, 1.54) is 0 Å². The lowest BCUT2D eigenvalue weighted by atomic mass is 10.1. The first-order valence-electron chi connectivity index (χ1n) is 6.50. The van der Waals surface area contributed by atoms with Crippen LogP contribution in [0.3, 0.4) is 0 Å². The summed E-state index contributed by atoms with van der Waals surface area (Å²) >= 11 is 6.10. The summed E-state index contributed by atoms with van der Waals surface area (Å²) in [6.45, 7) is 3.14. The molecule has 2 N–H and O–H groups in total. The third-order valence-electron chi connectivity index (χ3n) is 3.11. The number of nitrogens with two attached hydrogens (primary N) is 1. The molecular weight excluding hydrogens is 272 g/mol. The Morgan fingerprint density at radius 2 is 1.90 bits per heavy atom. The van der Waals surface area contributed by atoms with Gasteiger partial charge in [-0.1, -0.05) is 41.9 Å². The van der Waals surface area contributed by atoms with Gasteiger partial charge < -0.3 is 10.6 Å². The molecule has 0 aromatic heterocycles. The monoisotopic (exact) mass is 288 g/mol. The molecule has 0 saturated carbocycles. The summed E-state index contributed by atoms with van der Waals surface area (Å²) in [5.41, 5.74) is 7.78. The van der Waals surface area contributed by atoms with Gasteiger partial charge in [-0.15, -0.1) is 0 Å². The fourth-order valence-corrected chi connectivity index (χ4v) is 2.28. The molecule has 104 valence electrons. The van der Waals surface area contributed by atoms with Crippen molar-refractivity contribution >= 4 is 23.2 Å². The van der Waals surface area contributed by atoms with Crippen LogP contribution < -0.4 is 5.73 Å². The van der Waals surface area contributed by atoms with Gasteiger partial charge in [0.05, 0.1) is 10.6 Å². The minimum absolute atomic E-state index is 0.0821. The maximum atomic E-state index is 12.5. The van der Waals surface area contributed by atoms with Gasteiger partial charge in [-0.3, -0.25) is 4.79 Å². The van der Waals surface area contributed by atoms with Crippen LogP contribution in [0, 0.1) is 0 Å². The lowest BCUT2D eigenvalue weighted by Crippen LogP contribution is -2.30. The molecule has 20 heavy (non-hydrogen) atoms. The number of rotatable bonds is 4. The first-order valence-corrected chi connectivity index (χ1v) is 6.88. The predicted octanol–water partition coefficient (Wildman–Crippen LogP) is 3.58. The molecular formula is C16H17ClN2O. The van der Waals surface area contributed by atoms with Gasteiger partial charge in [-0.25, -0.2) is 0 Å².